The summed E-state index contributed by atoms with van der Waals surface area (Å²) < 4.78 is 0. The van der Waals surface area contributed by atoms with Crippen molar-refractivity contribution in [3.8, 4) is 0 Å². The first-order chi connectivity index (χ1) is 12.2. The first-order valence-corrected chi connectivity index (χ1v) is 8.77. The summed E-state index contributed by atoms with van der Waals surface area (Å²) in [4.78, 5) is 39.0. The number of carboxylic acid groups (broad SMARTS) is 1. The zero-order chi connectivity index (χ0) is 19.3. The lowest BCUT2D eigenvalue weighted by Crippen LogP contribution is -2.49. The summed E-state index contributed by atoms with van der Waals surface area (Å²) in [6, 6.07) is 7.26. The first kappa shape index (κ1) is 19.9. The molecule has 0 atom stereocenters. The van der Waals surface area contributed by atoms with Crippen LogP contribution in [0.3, 0.4) is 0 Å². The Morgan fingerprint density at radius 3 is 2.35 bits per heavy atom. The normalized spacial score (nSPS) is 15.6. The summed E-state index contributed by atoms with van der Waals surface area (Å²) >= 11 is 0. The van der Waals surface area contributed by atoms with Gasteiger partial charge in [0.1, 0.15) is 0 Å². The van der Waals surface area contributed by atoms with Gasteiger partial charge in [-0.2, -0.15) is 0 Å². The van der Waals surface area contributed by atoms with E-state index in [0.29, 0.717) is 38.3 Å². The Labute approximate surface area is 154 Å². The van der Waals surface area contributed by atoms with Crippen molar-refractivity contribution in [2.45, 2.75) is 27.3 Å². The summed E-state index contributed by atoms with van der Waals surface area (Å²) in [5.41, 5.74) is 1.00. The molecule has 0 saturated carbocycles. The lowest BCUT2D eigenvalue weighted by molar-refractivity contribution is -0.138. The molecule has 2 rings (SSSR count). The van der Waals surface area contributed by atoms with Crippen molar-refractivity contribution < 1.29 is 19.5 Å². The Bertz CT molecular complexity index is 674. The largest absolute Gasteiger partial charge is 0.480 e. The molecular formula is C19H27N3O4. The molecular weight excluding hydrogens is 334 g/mol. The van der Waals surface area contributed by atoms with E-state index < -0.39 is 11.4 Å². The highest BCUT2D eigenvalue weighted by Crippen LogP contribution is 2.14. The van der Waals surface area contributed by atoms with E-state index in [2.05, 4.69) is 5.32 Å². The van der Waals surface area contributed by atoms with Crippen molar-refractivity contribution in [2.24, 2.45) is 5.41 Å². The number of hydrogen-bond acceptors (Lipinski definition) is 4. The van der Waals surface area contributed by atoms with Gasteiger partial charge in [0.05, 0.1) is 6.54 Å². The average molecular weight is 361 g/mol. The van der Waals surface area contributed by atoms with Crippen LogP contribution < -0.4 is 5.32 Å². The van der Waals surface area contributed by atoms with E-state index in [4.69, 9.17) is 5.11 Å². The number of carboxylic acids is 1. The predicted molar refractivity (Wildman–Crippen MR) is 97.7 cm³/mol. The summed E-state index contributed by atoms with van der Waals surface area (Å²) in [7, 11) is 0. The molecule has 1 heterocycles. The molecule has 0 aliphatic carbocycles. The van der Waals surface area contributed by atoms with Crippen LogP contribution in [0.15, 0.2) is 24.3 Å². The fourth-order valence-electron chi connectivity index (χ4n) is 2.74. The minimum absolute atomic E-state index is 0.00495. The lowest BCUT2D eigenvalue weighted by atomic mass is 9.95. The van der Waals surface area contributed by atoms with Crippen molar-refractivity contribution in [1.82, 2.24) is 15.1 Å². The quantitative estimate of drug-likeness (QED) is 0.822. The van der Waals surface area contributed by atoms with Gasteiger partial charge in [-0.15, -0.1) is 0 Å². The smallest absolute Gasteiger partial charge is 0.317 e. The van der Waals surface area contributed by atoms with E-state index in [1.165, 1.54) is 0 Å². The number of nitrogens with one attached hydrogen (secondary N) is 1. The molecule has 1 saturated heterocycles. The van der Waals surface area contributed by atoms with Crippen LogP contribution in [0.2, 0.25) is 0 Å². The number of aliphatic carboxylic acids is 1. The van der Waals surface area contributed by atoms with Crippen LogP contribution in [-0.4, -0.2) is 65.4 Å². The Balaban J connectivity index is 1.94. The molecule has 1 aromatic carbocycles. The van der Waals surface area contributed by atoms with Gasteiger partial charge in [-0.25, -0.2) is 0 Å². The number of carbonyl (C=O) groups excluding carboxylic acids is 2. The van der Waals surface area contributed by atoms with E-state index in [-0.39, 0.29) is 18.4 Å². The molecule has 1 aliphatic heterocycles. The molecule has 26 heavy (non-hydrogen) atoms. The highest BCUT2D eigenvalue weighted by Gasteiger charge is 2.24. The average Bonchev–Trinajstić information content (AvgIpc) is 2.58. The SMILES string of the molecule is CC(C)(C)C(=O)NCc1cccc(C(=O)N2CCN(CC(=O)O)CC2)c1. The fourth-order valence-corrected chi connectivity index (χ4v) is 2.74. The van der Waals surface area contributed by atoms with Crippen LogP contribution >= 0.6 is 0 Å². The summed E-state index contributed by atoms with van der Waals surface area (Å²) in [5, 5.41) is 11.7. The highest BCUT2D eigenvalue weighted by atomic mass is 16.4. The van der Waals surface area contributed by atoms with Crippen molar-refractivity contribution in [2.75, 3.05) is 32.7 Å². The van der Waals surface area contributed by atoms with E-state index in [1.807, 2.05) is 37.8 Å². The maximum Gasteiger partial charge on any atom is 0.317 e. The number of benzene rings is 1. The van der Waals surface area contributed by atoms with Gasteiger partial charge < -0.3 is 15.3 Å². The Hall–Kier alpha value is -2.41. The number of amides is 2. The van der Waals surface area contributed by atoms with Gasteiger partial charge >= 0.3 is 5.97 Å². The van der Waals surface area contributed by atoms with Crippen LogP contribution in [0.5, 0.6) is 0 Å². The lowest BCUT2D eigenvalue weighted by Gasteiger charge is -2.33. The van der Waals surface area contributed by atoms with Crippen molar-refractivity contribution in [3.63, 3.8) is 0 Å². The van der Waals surface area contributed by atoms with Gasteiger partial charge in [0.2, 0.25) is 5.91 Å². The number of carbonyl (C=O) groups is 3. The van der Waals surface area contributed by atoms with Crippen molar-refractivity contribution in [1.29, 1.82) is 0 Å². The third-order valence-corrected chi connectivity index (χ3v) is 4.33. The number of nitrogens with zero attached hydrogens (tertiary/aromatic N) is 2. The van der Waals surface area contributed by atoms with E-state index in [9.17, 15) is 14.4 Å². The maximum atomic E-state index is 12.7. The van der Waals surface area contributed by atoms with Gasteiger partial charge in [0.15, 0.2) is 0 Å². The molecule has 0 bridgehead atoms. The Kier molecular flexibility index (Phi) is 6.37. The Morgan fingerprint density at radius 1 is 1.12 bits per heavy atom. The van der Waals surface area contributed by atoms with Crippen LogP contribution in [-0.2, 0) is 16.1 Å². The monoisotopic (exact) mass is 361 g/mol. The maximum absolute atomic E-state index is 12.7. The van der Waals surface area contributed by atoms with E-state index in [0.717, 1.165) is 5.56 Å². The number of hydrogen-bond donors (Lipinski definition) is 2. The van der Waals surface area contributed by atoms with Gasteiger partial charge in [-0.1, -0.05) is 32.9 Å². The molecule has 1 aliphatic rings. The first-order valence-electron chi connectivity index (χ1n) is 8.77. The van der Waals surface area contributed by atoms with Gasteiger partial charge in [0.25, 0.3) is 5.91 Å². The van der Waals surface area contributed by atoms with E-state index >= 15 is 0 Å². The molecule has 1 fully saturated rings. The zero-order valence-electron chi connectivity index (χ0n) is 15.6. The zero-order valence-corrected chi connectivity index (χ0v) is 15.6. The molecule has 0 radical (unpaired) electrons. The molecule has 142 valence electrons. The standard InChI is InChI=1S/C19H27N3O4/c1-19(2,3)18(26)20-12-14-5-4-6-15(11-14)17(25)22-9-7-21(8-10-22)13-16(23)24/h4-6,11H,7-10,12-13H2,1-3H3,(H,20,26)(H,23,24). The third-order valence-electron chi connectivity index (χ3n) is 4.33. The number of rotatable bonds is 5. The molecule has 7 nitrogen and oxygen atoms in total. The molecule has 2 N–H and O–H groups in total. The van der Waals surface area contributed by atoms with Gasteiger partial charge in [0, 0.05) is 43.7 Å². The molecule has 2 amide bonds. The highest BCUT2D eigenvalue weighted by molar-refractivity contribution is 5.94. The van der Waals surface area contributed by atoms with Crippen molar-refractivity contribution >= 4 is 17.8 Å². The predicted octanol–water partition coefficient (Wildman–Crippen LogP) is 1.19. The minimum atomic E-state index is -0.852. The van der Waals surface area contributed by atoms with Gasteiger partial charge in [-0.3, -0.25) is 19.3 Å². The summed E-state index contributed by atoms with van der Waals surface area (Å²) in [6.07, 6.45) is 0. The van der Waals surface area contributed by atoms with E-state index in [1.54, 1.807) is 17.0 Å². The van der Waals surface area contributed by atoms with Gasteiger partial charge in [-0.05, 0) is 17.7 Å². The Morgan fingerprint density at radius 2 is 1.77 bits per heavy atom. The second-order valence-electron chi connectivity index (χ2n) is 7.60. The molecule has 7 heteroatoms. The second-order valence-corrected chi connectivity index (χ2v) is 7.60. The van der Waals surface area contributed by atoms with Crippen LogP contribution in [0, 0.1) is 5.41 Å². The molecule has 0 aromatic heterocycles. The van der Waals surface area contributed by atoms with Crippen molar-refractivity contribution in [3.05, 3.63) is 35.4 Å². The second kappa shape index (κ2) is 8.31. The minimum Gasteiger partial charge on any atom is -0.480 e. The van der Waals surface area contributed by atoms with Crippen LogP contribution in [0.1, 0.15) is 36.7 Å². The van der Waals surface area contributed by atoms with Crippen LogP contribution in [0.4, 0.5) is 0 Å². The molecule has 1 aromatic rings. The number of piperazine rings is 1. The summed E-state index contributed by atoms with van der Waals surface area (Å²) in [6.45, 7) is 8.08. The molecule has 0 unspecified atom stereocenters. The third kappa shape index (κ3) is 5.56. The summed E-state index contributed by atoms with van der Waals surface area (Å²) in [5.74, 6) is -0.956. The fraction of sp³-hybridized carbons (Fsp3) is 0.526. The molecule has 0 spiro atoms. The topological polar surface area (TPSA) is 90.0 Å². The van der Waals surface area contributed by atoms with Crippen LogP contribution in [0.25, 0.3) is 0 Å².